The number of hydrogen-bond acceptors (Lipinski definition) is 3. The fourth-order valence-electron chi connectivity index (χ4n) is 2.44. The van der Waals surface area contributed by atoms with Gasteiger partial charge in [0.05, 0.1) is 0 Å². The second-order valence-corrected chi connectivity index (χ2v) is 6.94. The zero-order chi connectivity index (χ0) is 19.8. The summed E-state index contributed by atoms with van der Waals surface area (Å²) in [6.07, 6.45) is 1.08. The van der Waals surface area contributed by atoms with Gasteiger partial charge in [0.15, 0.2) is 6.61 Å². The van der Waals surface area contributed by atoms with Crippen molar-refractivity contribution in [2.75, 3.05) is 17.2 Å². The number of nitrogens with one attached hydrogen (secondary N) is 2. The van der Waals surface area contributed by atoms with Gasteiger partial charge in [-0.3, -0.25) is 9.59 Å². The molecule has 2 N–H and O–H groups in total. The van der Waals surface area contributed by atoms with Gasteiger partial charge in [-0.1, -0.05) is 45.9 Å². The smallest absolute Gasteiger partial charge is 0.262 e. The molecule has 27 heavy (non-hydrogen) atoms. The molecule has 5 heteroatoms. The van der Waals surface area contributed by atoms with Gasteiger partial charge >= 0.3 is 0 Å². The summed E-state index contributed by atoms with van der Waals surface area (Å²) in [6.45, 7) is 7.91. The van der Waals surface area contributed by atoms with Crippen LogP contribution in [0.25, 0.3) is 0 Å². The molecule has 0 unspecified atom stereocenters. The highest BCUT2D eigenvalue weighted by molar-refractivity contribution is 5.95. The SMILES string of the molecule is CC[C@@H](C)c1ccc(OCC(=O)Nc2cccc(NC(=O)C(C)C)c2)cc1. The van der Waals surface area contributed by atoms with E-state index in [2.05, 4.69) is 24.5 Å². The van der Waals surface area contributed by atoms with Crippen LogP contribution >= 0.6 is 0 Å². The van der Waals surface area contributed by atoms with Crippen LogP contribution < -0.4 is 15.4 Å². The van der Waals surface area contributed by atoms with Crippen LogP contribution in [0.4, 0.5) is 11.4 Å². The molecule has 0 aliphatic carbocycles. The zero-order valence-corrected chi connectivity index (χ0v) is 16.4. The molecule has 0 heterocycles. The molecule has 144 valence electrons. The molecular formula is C22H28N2O3. The van der Waals surface area contributed by atoms with E-state index in [1.54, 1.807) is 24.3 Å². The molecule has 0 saturated carbocycles. The Kier molecular flexibility index (Phi) is 7.41. The topological polar surface area (TPSA) is 67.4 Å². The van der Waals surface area contributed by atoms with E-state index in [-0.39, 0.29) is 24.3 Å². The van der Waals surface area contributed by atoms with Gasteiger partial charge < -0.3 is 15.4 Å². The van der Waals surface area contributed by atoms with Crippen molar-refractivity contribution in [3.05, 3.63) is 54.1 Å². The summed E-state index contributed by atoms with van der Waals surface area (Å²) in [4.78, 5) is 23.9. The van der Waals surface area contributed by atoms with Crippen LogP contribution in [0.1, 0.15) is 45.6 Å². The predicted octanol–water partition coefficient (Wildman–Crippen LogP) is 4.81. The third-order valence-corrected chi connectivity index (χ3v) is 4.37. The van der Waals surface area contributed by atoms with Gasteiger partial charge in [-0.15, -0.1) is 0 Å². The highest BCUT2D eigenvalue weighted by atomic mass is 16.5. The molecule has 5 nitrogen and oxygen atoms in total. The number of carbonyl (C=O) groups is 2. The number of ether oxygens (including phenoxy) is 1. The lowest BCUT2D eigenvalue weighted by Crippen LogP contribution is -2.21. The molecule has 0 aromatic heterocycles. The van der Waals surface area contributed by atoms with Gasteiger partial charge in [0.1, 0.15) is 5.75 Å². The minimum atomic E-state index is -0.256. The van der Waals surface area contributed by atoms with E-state index in [0.717, 1.165) is 6.42 Å². The van der Waals surface area contributed by atoms with Gasteiger partial charge in [-0.2, -0.15) is 0 Å². The molecule has 0 fully saturated rings. The van der Waals surface area contributed by atoms with E-state index in [1.165, 1.54) is 5.56 Å². The average molecular weight is 368 g/mol. The van der Waals surface area contributed by atoms with Crippen LogP contribution in [0.3, 0.4) is 0 Å². The van der Waals surface area contributed by atoms with Gasteiger partial charge in [-0.05, 0) is 48.2 Å². The van der Waals surface area contributed by atoms with Crippen molar-refractivity contribution in [2.45, 2.75) is 40.0 Å². The van der Waals surface area contributed by atoms with E-state index in [1.807, 2.05) is 38.1 Å². The Hall–Kier alpha value is -2.82. The molecular weight excluding hydrogens is 340 g/mol. The van der Waals surface area contributed by atoms with E-state index >= 15 is 0 Å². The first-order valence-corrected chi connectivity index (χ1v) is 9.32. The molecule has 2 rings (SSSR count). The molecule has 0 spiro atoms. The second-order valence-electron chi connectivity index (χ2n) is 6.94. The van der Waals surface area contributed by atoms with Gasteiger partial charge in [0, 0.05) is 17.3 Å². The molecule has 0 saturated heterocycles. The Morgan fingerprint density at radius 3 is 2.19 bits per heavy atom. The molecule has 2 aromatic carbocycles. The van der Waals surface area contributed by atoms with Crippen LogP contribution in [-0.4, -0.2) is 18.4 Å². The Morgan fingerprint density at radius 1 is 0.963 bits per heavy atom. The fraction of sp³-hybridized carbons (Fsp3) is 0.364. The van der Waals surface area contributed by atoms with Crippen molar-refractivity contribution >= 4 is 23.2 Å². The summed E-state index contributed by atoms with van der Waals surface area (Å²) in [5.41, 5.74) is 2.51. The maximum Gasteiger partial charge on any atom is 0.262 e. The normalized spacial score (nSPS) is 11.7. The van der Waals surface area contributed by atoms with Gasteiger partial charge in [0.2, 0.25) is 5.91 Å². The summed E-state index contributed by atoms with van der Waals surface area (Å²) >= 11 is 0. The number of carbonyl (C=O) groups excluding carboxylic acids is 2. The Balaban J connectivity index is 1.87. The highest BCUT2D eigenvalue weighted by Gasteiger charge is 2.09. The van der Waals surface area contributed by atoms with Gasteiger partial charge in [-0.25, -0.2) is 0 Å². The minimum Gasteiger partial charge on any atom is -0.484 e. The van der Waals surface area contributed by atoms with Crippen LogP contribution in [0, 0.1) is 5.92 Å². The summed E-state index contributed by atoms with van der Waals surface area (Å²) in [6, 6.07) is 14.9. The van der Waals surface area contributed by atoms with Crippen molar-refractivity contribution in [3.63, 3.8) is 0 Å². The maximum absolute atomic E-state index is 12.1. The number of benzene rings is 2. The van der Waals surface area contributed by atoms with E-state index in [9.17, 15) is 9.59 Å². The Bertz CT molecular complexity index is 769. The van der Waals surface area contributed by atoms with Crippen LogP contribution in [0.15, 0.2) is 48.5 Å². The summed E-state index contributed by atoms with van der Waals surface area (Å²) < 4.78 is 5.55. The van der Waals surface area contributed by atoms with E-state index in [0.29, 0.717) is 23.0 Å². The van der Waals surface area contributed by atoms with Crippen molar-refractivity contribution in [3.8, 4) is 5.75 Å². The number of hydrogen-bond donors (Lipinski definition) is 2. The molecule has 0 bridgehead atoms. The standard InChI is InChI=1S/C22H28N2O3/c1-5-16(4)17-9-11-20(12-10-17)27-14-21(25)23-18-7-6-8-19(13-18)24-22(26)15(2)3/h6-13,15-16H,5,14H2,1-4H3,(H,23,25)(H,24,26)/t16-/m1/s1. The lowest BCUT2D eigenvalue weighted by Gasteiger charge is -2.12. The molecule has 0 aliphatic heterocycles. The molecule has 0 radical (unpaired) electrons. The molecule has 0 aliphatic rings. The molecule has 1 atom stereocenters. The molecule has 2 amide bonds. The number of anilines is 2. The Labute approximate surface area is 161 Å². The fourth-order valence-corrected chi connectivity index (χ4v) is 2.44. The summed E-state index contributed by atoms with van der Waals surface area (Å²) in [5, 5.41) is 5.59. The highest BCUT2D eigenvalue weighted by Crippen LogP contribution is 2.21. The lowest BCUT2D eigenvalue weighted by atomic mass is 9.99. The van der Waals surface area contributed by atoms with Crippen molar-refractivity contribution in [1.82, 2.24) is 0 Å². The van der Waals surface area contributed by atoms with E-state index < -0.39 is 0 Å². The van der Waals surface area contributed by atoms with Gasteiger partial charge in [0.25, 0.3) is 5.91 Å². The lowest BCUT2D eigenvalue weighted by molar-refractivity contribution is -0.119. The quantitative estimate of drug-likeness (QED) is 0.702. The summed E-state index contributed by atoms with van der Waals surface area (Å²) in [5.74, 6) is 0.736. The Morgan fingerprint density at radius 2 is 1.59 bits per heavy atom. The third-order valence-electron chi connectivity index (χ3n) is 4.37. The second kappa shape index (κ2) is 9.76. The largest absolute Gasteiger partial charge is 0.484 e. The van der Waals surface area contributed by atoms with Crippen LogP contribution in [0.5, 0.6) is 5.75 Å². The van der Waals surface area contributed by atoms with Crippen LogP contribution in [-0.2, 0) is 9.59 Å². The van der Waals surface area contributed by atoms with Crippen molar-refractivity contribution < 1.29 is 14.3 Å². The minimum absolute atomic E-state index is 0.0670. The monoisotopic (exact) mass is 368 g/mol. The predicted molar refractivity (Wildman–Crippen MR) is 109 cm³/mol. The first-order valence-electron chi connectivity index (χ1n) is 9.32. The van der Waals surface area contributed by atoms with E-state index in [4.69, 9.17) is 4.74 Å². The zero-order valence-electron chi connectivity index (χ0n) is 16.4. The first-order chi connectivity index (χ1) is 12.9. The number of rotatable bonds is 8. The maximum atomic E-state index is 12.1. The molecule has 2 aromatic rings. The van der Waals surface area contributed by atoms with Crippen LogP contribution in [0.2, 0.25) is 0 Å². The van der Waals surface area contributed by atoms with Crippen molar-refractivity contribution in [1.29, 1.82) is 0 Å². The average Bonchev–Trinajstić information content (AvgIpc) is 2.66. The third kappa shape index (κ3) is 6.44. The number of amides is 2. The first kappa shape index (κ1) is 20.5. The van der Waals surface area contributed by atoms with Crippen molar-refractivity contribution in [2.24, 2.45) is 5.92 Å². The summed E-state index contributed by atoms with van der Waals surface area (Å²) in [7, 11) is 0.